The second-order valence-electron chi connectivity index (χ2n) is 7.58. The highest BCUT2D eigenvalue weighted by molar-refractivity contribution is 7.93. The van der Waals surface area contributed by atoms with E-state index in [9.17, 15) is 14.5 Å². The van der Waals surface area contributed by atoms with E-state index in [1.165, 1.54) is 36.4 Å². The molecule has 2 atom stereocenters. The summed E-state index contributed by atoms with van der Waals surface area (Å²) in [4.78, 5) is 14.3. The van der Waals surface area contributed by atoms with Crippen LogP contribution in [-0.2, 0) is 22.7 Å². The van der Waals surface area contributed by atoms with Gasteiger partial charge in [0.25, 0.3) is 0 Å². The molecule has 6 nitrogen and oxygen atoms in total. The van der Waals surface area contributed by atoms with Crippen molar-refractivity contribution >= 4 is 22.8 Å². The number of aryl methyl sites for hydroxylation is 1. The van der Waals surface area contributed by atoms with Crippen LogP contribution in [0.15, 0.2) is 12.1 Å². The SMILES string of the molecule is Cc1cc(CN(C)C2CCCCC2)cc(O)c1N1CC(=O)[C@@H](N)C[S+]1[O-]. The highest BCUT2D eigenvalue weighted by Gasteiger charge is 2.37. The summed E-state index contributed by atoms with van der Waals surface area (Å²) in [6.45, 7) is 2.63. The number of rotatable bonds is 4. The third-order valence-electron chi connectivity index (χ3n) is 5.50. The number of hydrogen-bond donors (Lipinski definition) is 2. The zero-order valence-corrected chi connectivity index (χ0v) is 16.4. The molecule has 3 rings (SSSR count). The van der Waals surface area contributed by atoms with E-state index in [4.69, 9.17) is 5.73 Å². The summed E-state index contributed by atoms with van der Waals surface area (Å²) in [6, 6.07) is 3.67. The standard InChI is InChI=1S/C19H29N3O3S/c1-13-8-14(10-21(2)15-6-4-3-5-7-15)9-17(23)19(13)22-11-18(24)16(20)12-26(22)25/h8-9,15-16,23H,3-7,10-12,20H2,1-2H3/t16-,26?/m0/s1. The van der Waals surface area contributed by atoms with Crippen LogP contribution in [0.3, 0.4) is 0 Å². The summed E-state index contributed by atoms with van der Waals surface area (Å²) in [5, 5.41) is 10.6. The number of ketones is 1. The van der Waals surface area contributed by atoms with Crippen molar-refractivity contribution in [3.8, 4) is 5.75 Å². The molecule has 2 aliphatic rings. The number of phenolic OH excluding ortho intramolecular Hbond substituents is 1. The molecule has 0 amide bonds. The fourth-order valence-electron chi connectivity index (χ4n) is 4.04. The Bertz CT molecular complexity index is 640. The second kappa shape index (κ2) is 8.17. The van der Waals surface area contributed by atoms with Crippen molar-refractivity contribution in [3.05, 3.63) is 23.3 Å². The van der Waals surface area contributed by atoms with Gasteiger partial charge in [0.1, 0.15) is 24.0 Å². The molecule has 1 aromatic carbocycles. The monoisotopic (exact) mass is 379 g/mol. The Morgan fingerprint density at radius 1 is 1.35 bits per heavy atom. The lowest BCUT2D eigenvalue weighted by Gasteiger charge is -2.33. The van der Waals surface area contributed by atoms with Crippen molar-refractivity contribution in [3.63, 3.8) is 0 Å². The number of carbonyl (C=O) groups excluding carboxylic acids is 1. The maximum absolute atomic E-state index is 12.4. The zero-order valence-electron chi connectivity index (χ0n) is 15.6. The van der Waals surface area contributed by atoms with Crippen LogP contribution in [0.4, 0.5) is 5.69 Å². The average molecular weight is 380 g/mol. The highest BCUT2D eigenvalue weighted by Crippen LogP contribution is 2.36. The van der Waals surface area contributed by atoms with Crippen LogP contribution in [0, 0.1) is 6.92 Å². The second-order valence-corrected chi connectivity index (χ2v) is 9.00. The van der Waals surface area contributed by atoms with Gasteiger partial charge in [-0.25, -0.2) is 0 Å². The molecule has 7 heteroatoms. The number of phenols is 1. The Kier molecular flexibility index (Phi) is 6.12. The number of nitrogens with zero attached hydrogens (tertiary/aromatic N) is 2. The Morgan fingerprint density at radius 2 is 2.04 bits per heavy atom. The summed E-state index contributed by atoms with van der Waals surface area (Å²) in [5.74, 6) is 0.0299. The van der Waals surface area contributed by atoms with Crippen LogP contribution in [-0.4, -0.2) is 51.8 Å². The maximum atomic E-state index is 12.4. The minimum atomic E-state index is -1.40. The number of nitrogens with two attached hydrogens (primary N) is 1. The summed E-state index contributed by atoms with van der Waals surface area (Å²) >= 11 is -1.40. The molecule has 1 aromatic rings. The molecule has 0 radical (unpaired) electrons. The summed E-state index contributed by atoms with van der Waals surface area (Å²) in [7, 11) is 2.13. The predicted molar refractivity (Wildman–Crippen MR) is 105 cm³/mol. The number of aromatic hydroxyl groups is 1. The molecule has 1 heterocycles. The Labute approximate surface area is 158 Å². The van der Waals surface area contributed by atoms with Crippen molar-refractivity contribution in [2.75, 3.05) is 23.7 Å². The van der Waals surface area contributed by atoms with Crippen LogP contribution in [0.1, 0.15) is 43.2 Å². The molecule has 3 N–H and O–H groups in total. The molecule has 1 unspecified atom stereocenters. The molecule has 2 fully saturated rings. The number of anilines is 1. The van der Waals surface area contributed by atoms with Gasteiger partial charge in [0.05, 0.1) is 11.4 Å². The van der Waals surface area contributed by atoms with Gasteiger partial charge in [-0.3, -0.25) is 9.69 Å². The molecular weight excluding hydrogens is 350 g/mol. The third kappa shape index (κ3) is 4.17. The van der Waals surface area contributed by atoms with Crippen LogP contribution < -0.4 is 10.0 Å². The van der Waals surface area contributed by atoms with E-state index in [-0.39, 0.29) is 23.8 Å². The van der Waals surface area contributed by atoms with Crippen LogP contribution >= 0.6 is 0 Å². The quantitative estimate of drug-likeness (QED) is 0.776. The van der Waals surface area contributed by atoms with Gasteiger partial charge in [-0.05, 0) is 44.0 Å². The average Bonchev–Trinajstić information content (AvgIpc) is 2.59. The Morgan fingerprint density at radius 3 is 2.69 bits per heavy atom. The number of hydrogen-bond acceptors (Lipinski definition) is 6. The highest BCUT2D eigenvalue weighted by atomic mass is 32.2. The lowest BCUT2D eigenvalue weighted by molar-refractivity contribution is -0.118. The van der Waals surface area contributed by atoms with E-state index in [1.54, 1.807) is 6.07 Å². The number of Topliss-reactive ketones (excluding diaryl/α,β-unsaturated/α-hetero) is 1. The van der Waals surface area contributed by atoms with Crippen LogP contribution in [0.5, 0.6) is 5.75 Å². The first kappa shape index (κ1) is 19.5. The van der Waals surface area contributed by atoms with Gasteiger partial charge in [-0.15, -0.1) is 0 Å². The maximum Gasteiger partial charge on any atom is 0.178 e. The van der Waals surface area contributed by atoms with E-state index in [0.717, 1.165) is 17.7 Å². The van der Waals surface area contributed by atoms with Crippen molar-refractivity contribution in [1.82, 2.24) is 4.90 Å². The Hall–Kier alpha value is -1.28. The van der Waals surface area contributed by atoms with Gasteiger partial charge in [0.15, 0.2) is 11.5 Å². The van der Waals surface area contributed by atoms with Crippen molar-refractivity contribution < 1.29 is 14.5 Å². The van der Waals surface area contributed by atoms with Crippen LogP contribution in [0.2, 0.25) is 0 Å². The molecule has 0 spiro atoms. The summed E-state index contributed by atoms with van der Waals surface area (Å²) < 4.78 is 13.9. The van der Waals surface area contributed by atoms with E-state index >= 15 is 0 Å². The molecule has 1 aliphatic carbocycles. The fraction of sp³-hybridized carbons (Fsp3) is 0.632. The van der Waals surface area contributed by atoms with E-state index in [1.807, 2.05) is 13.0 Å². The van der Waals surface area contributed by atoms with E-state index in [0.29, 0.717) is 11.7 Å². The van der Waals surface area contributed by atoms with Gasteiger partial charge in [-0.1, -0.05) is 25.3 Å². The molecule has 1 saturated carbocycles. The molecule has 1 saturated heterocycles. The first-order valence-electron chi connectivity index (χ1n) is 9.34. The lowest BCUT2D eigenvalue weighted by atomic mass is 9.94. The first-order chi connectivity index (χ1) is 12.4. The molecule has 0 aromatic heterocycles. The predicted octanol–water partition coefficient (Wildman–Crippen LogP) is 1.85. The summed E-state index contributed by atoms with van der Waals surface area (Å²) in [5.41, 5.74) is 8.03. The zero-order chi connectivity index (χ0) is 18.8. The van der Waals surface area contributed by atoms with E-state index in [2.05, 4.69) is 11.9 Å². The van der Waals surface area contributed by atoms with Gasteiger partial charge in [0.2, 0.25) is 0 Å². The molecule has 0 bridgehead atoms. The van der Waals surface area contributed by atoms with Crippen molar-refractivity contribution in [2.24, 2.45) is 5.73 Å². The van der Waals surface area contributed by atoms with Crippen molar-refractivity contribution in [1.29, 1.82) is 0 Å². The van der Waals surface area contributed by atoms with Gasteiger partial charge < -0.3 is 15.4 Å². The summed E-state index contributed by atoms with van der Waals surface area (Å²) in [6.07, 6.45) is 6.36. The van der Waals surface area contributed by atoms with Gasteiger partial charge >= 0.3 is 0 Å². The molecule has 1 aliphatic heterocycles. The minimum Gasteiger partial charge on any atom is -0.593 e. The van der Waals surface area contributed by atoms with E-state index < -0.39 is 17.4 Å². The first-order valence-corrected chi connectivity index (χ1v) is 10.6. The topological polar surface area (TPSA) is 92.9 Å². The van der Waals surface area contributed by atoms with Gasteiger partial charge in [-0.2, -0.15) is 4.31 Å². The van der Waals surface area contributed by atoms with Crippen molar-refractivity contribution in [2.45, 2.75) is 57.7 Å². The largest absolute Gasteiger partial charge is 0.593 e. The Balaban J connectivity index is 1.76. The molecular formula is C19H29N3O3S. The minimum absolute atomic E-state index is 0.0243. The lowest BCUT2D eigenvalue weighted by Crippen LogP contribution is -2.54. The third-order valence-corrected chi connectivity index (χ3v) is 6.95. The smallest absolute Gasteiger partial charge is 0.178 e. The normalized spacial score (nSPS) is 25.1. The fourth-order valence-corrected chi connectivity index (χ4v) is 5.42. The van der Waals surface area contributed by atoms with Gasteiger partial charge in [0, 0.05) is 12.6 Å². The molecule has 26 heavy (non-hydrogen) atoms. The van der Waals surface area contributed by atoms with Crippen LogP contribution in [0.25, 0.3) is 0 Å². The number of carbonyl (C=O) groups is 1. The number of benzene rings is 1. The molecule has 144 valence electrons.